The van der Waals surface area contributed by atoms with Crippen LogP contribution in [0.2, 0.25) is 0 Å². The molecule has 1 amide bonds. The Kier molecular flexibility index (Phi) is 13.0. The van der Waals surface area contributed by atoms with E-state index < -0.39 is 0 Å². The highest BCUT2D eigenvalue weighted by Gasteiger charge is 1.64. The summed E-state index contributed by atoms with van der Waals surface area (Å²) in [5, 5.41) is 3.02. The van der Waals surface area contributed by atoms with Crippen LogP contribution < -0.4 is 11.1 Å². The van der Waals surface area contributed by atoms with Crippen molar-refractivity contribution in [2.24, 2.45) is 5.73 Å². The van der Waals surface area contributed by atoms with Crippen LogP contribution in [0.1, 0.15) is 20.3 Å². The lowest BCUT2D eigenvalue weighted by molar-refractivity contribution is -0.115. The molecule has 0 rings (SSSR count). The first-order valence-electron chi connectivity index (χ1n) is 3.05. The van der Waals surface area contributed by atoms with Crippen LogP contribution in [0.5, 0.6) is 0 Å². The summed E-state index contributed by atoms with van der Waals surface area (Å²) in [6.45, 7) is 4.59. The molecule has 56 valence electrons. The Balaban J connectivity index is 0. The molecule has 3 nitrogen and oxygen atoms in total. The first-order valence-corrected chi connectivity index (χ1v) is 3.05. The largest absolute Gasteiger partial charge is 0.370 e. The minimum Gasteiger partial charge on any atom is -0.370 e. The summed E-state index contributed by atoms with van der Waals surface area (Å²) in [5.74, 6) is -0.333. The van der Waals surface area contributed by atoms with Gasteiger partial charge in [0.1, 0.15) is 0 Å². The lowest BCUT2D eigenvalue weighted by Crippen LogP contribution is -2.04. The van der Waals surface area contributed by atoms with Crippen molar-refractivity contribution in [1.82, 2.24) is 5.32 Å². The number of amides is 1. The smallest absolute Gasteiger partial charge is 0.214 e. The summed E-state index contributed by atoms with van der Waals surface area (Å²) in [6, 6.07) is 0. The summed E-state index contributed by atoms with van der Waals surface area (Å²) < 4.78 is 0. The molecule has 0 aromatic carbocycles. The molecule has 0 aliphatic heterocycles. The molecule has 3 heteroatoms. The molecule has 0 spiro atoms. The normalized spacial score (nSPS) is 7.44. The molecule has 0 atom stereocenters. The molecular formula is C6H16N2O. The van der Waals surface area contributed by atoms with E-state index in [0.29, 0.717) is 0 Å². The Hall–Kier alpha value is -0.570. The van der Waals surface area contributed by atoms with Gasteiger partial charge in [0.25, 0.3) is 0 Å². The van der Waals surface area contributed by atoms with Crippen LogP contribution in [0.3, 0.4) is 0 Å². The Morgan fingerprint density at radius 3 is 2.00 bits per heavy atom. The molecule has 0 heterocycles. The number of nitrogens with two attached hydrogens (primary N) is 1. The molecular weight excluding hydrogens is 116 g/mol. The van der Waals surface area contributed by atoms with E-state index in [-0.39, 0.29) is 5.91 Å². The van der Waals surface area contributed by atoms with E-state index in [2.05, 4.69) is 18.0 Å². The lowest BCUT2D eigenvalue weighted by atomic mass is 10.5. The van der Waals surface area contributed by atoms with Crippen LogP contribution >= 0.6 is 0 Å². The standard InChI is InChI=1S/C4H11N.C2H5NO/c1-3-4-5-2;1-2(3)4/h5H,3-4H2,1-2H3;1H3,(H2,3,4). The first kappa shape index (κ1) is 11.3. The average molecular weight is 132 g/mol. The third-order valence-electron chi connectivity index (χ3n) is 0.500. The number of hydrogen-bond donors (Lipinski definition) is 2. The number of carbonyl (C=O) groups is 1. The fourth-order valence-electron chi connectivity index (χ4n) is 0.250. The first-order chi connectivity index (χ1) is 4.15. The Bertz CT molecular complexity index is 58.1. The van der Waals surface area contributed by atoms with Crippen molar-refractivity contribution in [3.63, 3.8) is 0 Å². The SMILES string of the molecule is CC(N)=O.CCCNC. The van der Waals surface area contributed by atoms with Gasteiger partial charge in [-0.15, -0.1) is 0 Å². The van der Waals surface area contributed by atoms with E-state index in [4.69, 9.17) is 0 Å². The predicted molar refractivity (Wildman–Crippen MR) is 39.1 cm³/mol. The number of rotatable bonds is 2. The van der Waals surface area contributed by atoms with Gasteiger partial charge >= 0.3 is 0 Å². The Morgan fingerprint density at radius 1 is 1.67 bits per heavy atom. The molecule has 0 bridgehead atoms. The topological polar surface area (TPSA) is 55.1 Å². The summed E-state index contributed by atoms with van der Waals surface area (Å²) in [4.78, 5) is 9.22. The van der Waals surface area contributed by atoms with Crippen LogP contribution in [-0.2, 0) is 4.79 Å². The fraction of sp³-hybridized carbons (Fsp3) is 0.833. The van der Waals surface area contributed by atoms with Crippen molar-refractivity contribution in [3.05, 3.63) is 0 Å². The van der Waals surface area contributed by atoms with Gasteiger partial charge in [-0.2, -0.15) is 0 Å². The maximum atomic E-state index is 9.22. The van der Waals surface area contributed by atoms with Gasteiger partial charge in [0.05, 0.1) is 0 Å². The van der Waals surface area contributed by atoms with Gasteiger partial charge < -0.3 is 11.1 Å². The van der Waals surface area contributed by atoms with Crippen LogP contribution in [-0.4, -0.2) is 19.5 Å². The zero-order valence-corrected chi connectivity index (χ0v) is 6.40. The van der Waals surface area contributed by atoms with Gasteiger partial charge in [0.15, 0.2) is 0 Å². The third-order valence-corrected chi connectivity index (χ3v) is 0.500. The second-order valence-corrected chi connectivity index (χ2v) is 1.71. The van der Waals surface area contributed by atoms with Gasteiger partial charge in [-0.25, -0.2) is 0 Å². The second kappa shape index (κ2) is 10.4. The van der Waals surface area contributed by atoms with Crippen molar-refractivity contribution in [2.45, 2.75) is 20.3 Å². The fourth-order valence-corrected chi connectivity index (χ4v) is 0.250. The van der Waals surface area contributed by atoms with Gasteiger partial charge in [0.2, 0.25) is 5.91 Å². The molecule has 3 N–H and O–H groups in total. The van der Waals surface area contributed by atoms with E-state index in [1.54, 1.807) is 0 Å². The van der Waals surface area contributed by atoms with Crippen molar-refractivity contribution < 1.29 is 4.79 Å². The van der Waals surface area contributed by atoms with Crippen molar-refractivity contribution in [1.29, 1.82) is 0 Å². The van der Waals surface area contributed by atoms with Crippen LogP contribution in [0, 0.1) is 0 Å². The number of hydrogen-bond acceptors (Lipinski definition) is 2. The average Bonchev–Trinajstić information content (AvgIpc) is 1.66. The molecule has 0 saturated carbocycles. The Morgan fingerprint density at radius 2 is 2.00 bits per heavy atom. The van der Waals surface area contributed by atoms with E-state index in [1.165, 1.54) is 13.3 Å². The zero-order valence-electron chi connectivity index (χ0n) is 6.40. The van der Waals surface area contributed by atoms with Crippen LogP contribution in [0.4, 0.5) is 0 Å². The van der Waals surface area contributed by atoms with Gasteiger partial charge in [-0.1, -0.05) is 6.92 Å². The molecule has 0 saturated heterocycles. The monoisotopic (exact) mass is 132 g/mol. The molecule has 0 aliphatic rings. The summed E-state index contributed by atoms with van der Waals surface area (Å²) in [5.41, 5.74) is 4.47. The summed E-state index contributed by atoms with van der Waals surface area (Å²) in [7, 11) is 1.96. The third kappa shape index (κ3) is 107. The van der Waals surface area contributed by atoms with E-state index in [0.717, 1.165) is 6.54 Å². The van der Waals surface area contributed by atoms with Crippen LogP contribution in [0.25, 0.3) is 0 Å². The predicted octanol–water partition coefficient (Wildman–Crippen LogP) is 0.107. The summed E-state index contributed by atoms with van der Waals surface area (Å²) in [6.07, 6.45) is 1.23. The van der Waals surface area contributed by atoms with Crippen molar-refractivity contribution in [3.8, 4) is 0 Å². The highest BCUT2D eigenvalue weighted by molar-refractivity contribution is 5.70. The highest BCUT2D eigenvalue weighted by atomic mass is 16.1. The summed E-state index contributed by atoms with van der Waals surface area (Å²) >= 11 is 0. The molecule has 0 fully saturated rings. The maximum Gasteiger partial charge on any atom is 0.214 e. The lowest BCUT2D eigenvalue weighted by Gasteiger charge is -1.84. The molecule has 0 aliphatic carbocycles. The highest BCUT2D eigenvalue weighted by Crippen LogP contribution is 1.62. The molecule has 0 radical (unpaired) electrons. The van der Waals surface area contributed by atoms with Crippen molar-refractivity contribution in [2.75, 3.05) is 13.6 Å². The van der Waals surface area contributed by atoms with E-state index >= 15 is 0 Å². The Labute approximate surface area is 56.6 Å². The van der Waals surface area contributed by atoms with Gasteiger partial charge in [-0.05, 0) is 20.0 Å². The van der Waals surface area contributed by atoms with E-state index in [1.807, 2.05) is 7.05 Å². The minimum absolute atomic E-state index is 0.333. The quantitative estimate of drug-likeness (QED) is 0.560. The molecule has 0 aromatic rings. The zero-order chi connectivity index (χ0) is 7.70. The maximum absolute atomic E-state index is 9.22. The molecule has 0 unspecified atom stereocenters. The van der Waals surface area contributed by atoms with Crippen molar-refractivity contribution >= 4 is 5.91 Å². The van der Waals surface area contributed by atoms with E-state index in [9.17, 15) is 4.79 Å². The number of primary amides is 1. The molecule has 9 heavy (non-hydrogen) atoms. The number of nitrogens with one attached hydrogen (secondary N) is 1. The molecule has 0 aromatic heterocycles. The minimum atomic E-state index is -0.333. The van der Waals surface area contributed by atoms with Crippen LogP contribution in [0.15, 0.2) is 0 Å². The van der Waals surface area contributed by atoms with Gasteiger partial charge in [-0.3, -0.25) is 4.79 Å². The van der Waals surface area contributed by atoms with Gasteiger partial charge in [0, 0.05) is 6.92 Å². The second-order valence-electron chi connectivity index (χ2n) is 1.71. The number of carbonyl (C=O) groups excluding carboxylic acids is 1.